The van der Waals surface area contributed by atoms with Gasteiger partial charge in [0.2, 0.25) is 0 Å². The van der Waals surface area contributed by atoms with Crippen LogP contribution in [0.5, 0.6) is 0 Å². The Morgan fingerprint density at radius 3 is 2.61 bits per heavy atom. The van der Waals surface area contributed by atoms with Crippen molar-refractivity contribution in [1.29, 1.82) is 0 Å². The summed E-state index contributed by atoms with van der Waals surface area (Å²) in [6, 6.07) is 9.79. The molecular formula is C13H14N2OS2. The molecule has 1 heterocycles. The Labute approximate surface area is 115 Å². The number of rotatable bonds is 5. The largest absolute Gasteiger partial charge is 0.298 e. The van der Waals surface area contributed by atoms with Gasteiger partial charge in [-0.05, 0) is 18.9 Å². The summed E-state index contributed by atoms with van der Waals surface area (Å²) >= 11 is 3.04. The first-order valence-corrected chi connectivity index (χ1v) is 7.44. The van der Waals surface area contributed by atoms with E-state index in [9.17, 15) is 4.79 Å². The van der Waals surface area contributed by atoms with Gasteiger partial charge < -0.3 is 0 Å². The summed E-state index contributed by atoms with van der Waals surface area (Å²) in [7, 11) is 0. The maximum absolute atomic E-state index is 11.8. The van der Waals surface area contributed by atoms with Crippen molar-refractivity contribution in [3.05, 3.63) is 40.9 Å². The van der Waals surface area contributed by atoms with Gasteiger partial charge in [0.15, 0.2) is 4.34 Å². The molecular weight excluding hydrogens is 264 g/mol. The van der Waals surface area contributed by atoms with Crippen LogP contribution in [0, 0.1) is 0 Å². The predicted molar refractivity (Wildman–Crippen MR) is 75.0 cm³/mol. The summed E-state index contributed by atoms with van der Waals surface area (Å²) in [4.78, 5) is 11.8. The lowest BCUT2D eigenvalue weighted by atomic mass is 10.1. The molecule has 1 atom stereocenters. The minimum absolute atomic E-state index is 0.138. The molecule has 18 heavy (non-hydrogen) atoms. The molecule has 2 aromatic rings. The zero-order valence-corrected chi connectivity index (χ0v) is 11.9. The van der Waals surface area contributed by atoms with Gasteiger partial charge in [0.05, 0.1) is 5.25 Å². The van der Waals surface area contributed by atoms with Gasteiger partial charge >= 0.3 is 0 Å². The van der Waals surface area contributed by atoms with Gasteiger partial charge in [0.25, 0.3) is 0 Å². The molecule has 2 rings (SSSR count). The molecule has 94 valence electrons. The minimum atomic E-state index is -0.191. The predicted octanol–water partition coefficient (Wildman–Crippen LogP) is 3.52. The van der Waals surface area contributed by atoms with Crippen LogP contribution in [0.15, 0.2) is 34.7 Å². The number of carbonyl (C=O) groups is 1. The lowest BCUT2D eigenvalue weighted by molar-refractivity contribution is -0.116. The molecule has 0 aliphatic carbocycles. The van der Waals surface area contributed by atoms with Crippen LogP contribution in [0.25, 0.3) is 0 Å². The number of benzene rings is 1. The molecule has 3 nitrogen and oxygen atoms in total. The molecule has 1 unspecified atom stereocenters. The van der Waals surface area contributed by atoms with E-state index in [0.29, 0.717) is 0 Å². The summed E-state index contributed by atoms with van der Waals surface area (Å²) in [5.41, 5.74) is 1.02. The van der Waals surface area contributed by atoms with Gasteiger partial charge in [-0.25, -0.2) is 0 Å². The van der Waals surface area contributed by atoms with Crippen molar-refractivity contribution < 1.29 is 4.79 Å². The fourth-order valence-corrected chi connectivity index (χ4v) is 3.57. The van der Waals surface area contributed by atoms with E-state index < -0.39 is 0 Å². The third-order valence-corrected chi connectivity index (χ3v) is 4.96. The van der Waals surface area contributed by atoms with Crippen LogP contribution >= 0.6 is 23.1 Å². The molecule has 5 heteroatoms. The van der Waals surface area contributed by atoms with Gasteiger partial charge in [-0.2, -0.15) is 0 Å². The van der Waals surface area contributed by atoms with Crippen molar-refractivity contribution in [2.45, 2.75) is 29.9 Å². The Morgan fingerprint density at radius 2 is 2.06 bits per heavy atom. The SMILES string of the molecule is CCc1nnc(SC(C(C)=O)c2ccccc2)s1. The number of nitrogens with zero attached hydrogens (tertiary/aromatic N) is 2. The van der Waals surface area contributed by atoms with Crippen LogP contribution in [-0.2, 0) is 11.2 Å². The molecule has 0 N–H and O–H groups in total. The zero-order chi connectivity index (χ0) is 13.0. The Bertz CT molecular complexity index is 525. The van der Waals surface area contributed by atoms with E-state index >= 15 is 0 Å². The third kappa shape index (κ3) is 3.17. The number of hydrogen-bond acceptors (Lipinski definition) is 5. The maximum atomic E-state index is 11.8. The molecule has 0 spiro atoms. The van der Waals surface area contributed by atoms with Crippen molar-refractivity contribution in [3.63, 3.8) is 0 Å². The van der Waals surface area contributed by atoms with E-state index in [1.807, 2.05) is 30.3 Å². The lowest BCUT2D eigenvalue weighted by Crippen LogP contribution is -2.04. The highest BCUT2D eigenvalue weighted by Gasteiger charge is 2.20. The fraction of sp³-hybridized carbons (Fsp3) is 0.308. The van der Waals surface area contributed by atoms with E-state index in [2.05, 4.69) is 17.1 Å². The van der Waals surface area contributed by atoms with E-state index in [4.69, 9.17) is 0 Å². The van der Waals surface area contributed by atoms with Crippen molar-refractivity contribution in [2.24, 2.45) is 0 Å². The van der Waals surface area contributed by atoms with Gasteiger partial charge in [-0.15, -0.1) is 10.2 Å². The highest BCUT2D eigenvalue weighted by Crippen LogP contribution is 2.37. The Kier molecular flexibility index (Phi) is 4.49. The molecule has 1 aromatic carbocycles. The number of carbonyl (C=O) groups excluding carboxylic acids is 1. The van der Waals surface area contributed by atoms with Gasteiger partial charge in [-0.1, -0.05) is 60.4 Å². The molecule has 1 aromatic heterocycles. The standard InChI is InChI=1S/C13H14N2OS2/c1-3-11-14-15-13(17-11)18-12(9(2)16)10-7-5-4-6-8-10/h4-8,12H,3H2,1-2H3. The first-order valence-electron chi connectivity index (χ1n) is 5.75. The van der Waals surface area contributed by atoms with Crippen molar-refractivity contribution in [2.75, 3.05) is 0 Å². The first kappa shape index (κ1) is 13.2. The molecule has 0 amide bonds. The number of aromatic nitrogens is 2. The summed E-state index contributed by atoms with van der Waals surface area (Å²) < 4.78 is 0.857. The number of thioether (sulfide) groups is 1. The summed E-state index contributed by atoms with van der Waals surface area (Å²) in [6.45, 7) is 3.67. The summed E-state index contributed by atoms with van der Waals surface area (Å²) in [5.74, 6) is 0.138. The van der Waals surface area contributed by atoms with Crippen LogP contribution in [0.1, 0.15) is 29.7 Å². The van der Waals surface area contributed by atoms with E-state index in [-0.39, 0.29) is 11.0 Å². The second kappa shape index (κ2) is 6.11. The normalized spacial score (nSPS) is 12.3. The number of aryl methyl sites for hydroxylation is 1. The van der Waals surface area contributed by atoms with Crippen molar-refractivity contribution in [1.82, 2.24) is 10.2 Å². The summed E-state index contributed by atoms with van der Waals surface area (Å²) in [5, 5.41) is 9.01. The third-order valence-electron chi connectivity index (χ3n) is 2.44. The van der Waals surface area contributed by atoms with Crippen LogP contribution < -0.4 is 0 Å². The molecule has 0 bridgehead atoms. The second-order valence-corrected chi connectivity index (χ2v) is 6.25. The summed E-state index contributed by atoms with van der Waals surface area (Å²) in [6.07, 6.45) is 0.883. The topological polar surface area (TPSA) is 42.9 Å². The second-order valence-electron chi connectivity index (χ2n) is 3.83. The van der Waals surface area contributed by atoms with E-state index in [0.717, 1.165) is 21.3 Å². The van der Waals surface area contributed by atoms with E-state index in [1.54, 1.807) is 18.3 Å². The molecule has 0 saturated heterocycles. The van der Waals surface area contributed by atoms with Gasteiger partial charge in [0.1, 0.15) is 10.8 Å². The molecule has 0 aliphatic rings. The minimum Gasteiger partial charge on any atom is -0.298 e. The lowest BCUT2D eigenvalue weighted by Gasteiger charge is -2.11. The smallest absolute Gasteiger partial charge is 0.175 e. The number of Topliss-reactive ketones (excluding diaryl/α,β-unsaturated/α-hetero) is 1. The highest BCUT2D eigenvalue weighted by molar-refractivity contribution is 8.01. The molecule has 0 saturated carbocycles. The first-order chi connectivity index (χ1) is 8.70. The Balaban J connectivity index is 2.19. The average molecular weight is 278 g/mol. The molecule has 0 aliphatic heterocycles. The Morgan fingerprint density at radius 1 is 1.33 bits per heavy atom. The van der Waals surface area contributed by atoms with E-state index in [1.165, 1.54) is 11.8 Å². The maximum Gasteiger partial charge on any atom is 0.175 e. The van der Waals surface area contributed by atoms with Gasteiger partial charge in [-0.3, -0.25) is 4.79 Å². The van der Waals surface area contributed by atoms with Crippen LogP contribution in [0.3, 0.4) is 0 Å². The van der Waals surface area contributed by atoms with Crippen LogP contribution in [0.4, 0.5) is 0 Å². The van der Waals surface area contributed by atoms with Crippen molar-refractivity contribution in [3.8, 4) is 0 Å². The monoisotopic (exact) mass is 278 g/mol. The quantitative estimate of drug-likeness (QED) is 0.785. The molecule has 0 radical (unpaired) electrons. The highest BCUT2D eigenvalue weighted by atomic mass is 32.2. The van der Waals surface area contributed by atoms with Gasteiger partial charge in [0, 0.05) is 0 Å². The number of ketones is 1. The van der Waals surface area contributed by atoms with Crippen molar-refractivity contribution >= 4 is 28.9 Å². The number of hydrogen-bond donors (Lipinski definition) is 0. The fourth-order valence-electron chi connectivity index (χ4n) is 1.54. The average Bonchev–Trinajstić information content (AvgIpc) is 2.84. The zero-order valence-electron chi connectivity index (χ0n) is 10.3. The molecule has 0 fully saturated rings. The Hall–Kier alpha value is -1.20. The van der Waals surface area contributed by atoms with Crippen LogP contribution in [0.2, 0.25) is 0 Å². The van der Waals surface area contributed by atoms with Crippen LogP contribution in [-0.4, -0.2) is 16.0 Å².